The Balaban J connectivity index is 0.00000155. The first-order chi connectivity index (χ1) is 14.5. The van der Waals surface area contributed by atoms with Gasteiger partial charge >= 0.3 is 5.97 Å². The lowest BCUT2D eigenvalue weighted by Crippen LogP contribution is -1.96. The van der Waals surface area contributed by atoms with E-state index in [1.165, 1.54) is 5.57 Å². The van der Waals surface area contributed by atoms with Crippen molar-refractivity contribution in [3.05, 3.63) is 83.0 Å². The van der Waals surface area contributed by atoms with Gasteiger partial charge in [0.15, 0.2) is 0 Å². The smallest absolute Gasteiger partial charge is 0.303 e. The minimum atomic E-state index is -0.833. The Hall–Kier alpha value is -3.21. The fourth-order valence-electron chi connectivity index (χ4n) is 2.97. The van der Waals surface area contributed by atoms with Crippen LogP contribution in [-0.2, 0) is 22.6 Å². The Morgan fingerprint density at radius 3 is 2.57 bits per heavy atom. The molecule has 1 N–H and O–H groups in total. The zero-order valence-electron chi connectivity index (χ0n) is 18.1. The number of benzene rings is 1. The molecule has 5 nitrogen and oxygen atoms in total. The Labute approximate surface area is 178 Å². The van der Waals surface area contributed by atoms with Gasteiger partial charge in [0.1, 0.15) is 29.6 Å². The zero-order chi connectivity index (χ0) is 21.9. The van der Waals surface area contributed by atoms with Gasteiger partial charge in [-0.2, -0.15) is 0 Å². The van der Waals surface area contributed by atoms with Gasteiger partial charge in [-0.15, -0.1) is 0 Å². The summed E-state index contributed by atoms with van der Waals surface area (Å²) in [6.45, 7) is 6.24. The predicted molar refractivity (Wildman–Crippen MR) is 118 cm³/mol. The van der Waals surface area contributed by atoms with Crippen molar-refractivity contribution in [2.24, 2.45) is 0 Å². The molecule has 5 heteroatoms. The van der Waals surface area contributed by atoms with E-state index in [1.54, 1.807) is 7.11 Å². The summed E-state index contributed by atoms with van der Waals surface area (Å²) in [5, 5.41) is 8.79. The van der Waals surface area contributed by atoms with Gasteiger partial charge in [-0.05, 0) is 54.8 Å². The van der Waals surface area contributed by atoms with Crippen LogP contribution in [0.15, 0.2) is 64.8 Å². The van der Waals surface area contributed by atoms with Gasteiger partial charge in [0.05, 0.1) is 13.5 Å². The maximum absolute atomic E-state index is 10.7. The van der Waals surface area contributed by atoms with Crippen LogP contribution in [-0.4, -0.2) is 18.2 Å². The quantitative estimate of drug-likeness (QED) is 0.571. The molecular weight excluding hydrogens is 380 g/mol. The monoisotopic (exact) mass is 410 g/mol. The SMILES string of the molecule is CC.COc1ccc(C2=CC=C(OCc3cc(CCC(=O)O)oc3C)C=CC2)cc1. The van der Waals surface area contributed by atoms with Crippen LogP contribution in [0.2, 0.25) is 0 Å². The Morgan fingerprint density at radius 1 is 1.17 bits per heavy atom. The predicted octanol–water partition coefficient (Wildman–Crippen LogP) is 6.08. The summed E-state index contributed by atoms with van der Waals surface area (Å²) < 4.78 is 16.8. The molecule has 0 spiro atoms. The number of rotatable bonds is 8. The average Bonchev–Trinajstić information content (AvgIpc) is 2.96. The van der Waals surface area contributed by atoms with Crippen molar-refractivity contribution in [1.29, 1.82) is 0 Å². The lowest BCUT2D eigenvalue weighted by molar-refractivity contribution is -0.137. The number of carbonyl (C=O) groups is 1. The largest absolute Gasteiger partial charge is 0.497 e. The molecule has 0 bridgehead atoms. The zero-order valence-corrected chi connectivity index (χ0v) is 18.1. The van der Waals surface area contributed by atoms with E-state index < -0.39 is 5.97 Å². The van der Waals surface area contributed by atoms with Crippen molar-refractivity contribution in [3.8, 4) is 5.75 Å². The van der Waals surface area contributed by atoms with Crippen LogP contribution in [0, 0.1) is 6.92 Å². The lowest BCUT2D eigenvalue weighted by atomic mass is 10.0. The number of hydrogen-bond acceptors (Lipinski definition) is 4. The van der Waals surface area contributed by atoms with Crippen molar-refractivity contribution in [2.75, 3.05) is 7.11 Å². The summed E-state index contributed by atoms with van der Waals surface area (Å²) in [6, 6.07) is 9.88. The number of aliphatic carboxylic acids is 1. The van der Waals surface area contributed by atoms with Gasteiger partial charge in [0, 0.05) is 12.0 Å². The highest BCUT2D eigenvalue weighted by Gasteiger charge is 2.10. The van der Waals surface area contributed by atoms with Gasteiger partial charge in [0.25, 0.3) is 0 Å². The molecule has 1 aliphatic rings. The standard InChI is InChI=1S/C23H24O5.C2H6/c1-16-19(14-22(28-16)12-13-23(24)25)15-27-21-5-3-4-17(8-11-21)18-6-9-20(26-2)10-7-18;1-2/h3,5-11,14H,4,12-13,15H2,1-2H3,(H,24,25);1-2H3. The highest BCUT2D eigenvalue weighted by Crippen LogP contribution is 2.25. The van der Waals surface area contributed by atoms with Gasteiger partial charge in [-0.25, -0.2) is 0 Å². The first kappa shape index (κ1) is 23.1. The second kappa shape index (κ2) is 11.7. The Bertz CT molecular complexity index is 914. The number of carboxylic acid groups (broad SMARTS) is 1. The van der Waals surface area contributed by atoms with E-state index in [9.17, 15) is 4.79 Å². The Morgan fingerprint density at radius 2 is 1.90 bits per heavy atom. The molecule has 1 aromatic carbocycles. The van der Waals surface area contributed by atoms with Crippen LogP contribution in [0.5, 0.6) is 5.75 Å². The fourth-order valence-corrected chi connectivity index (χ4v) is 2.97. The van der Waals surface area contributed by atoms with Crippen molar-refractivity contribution < 1.29 is 23.8 Å². The molecule has 0 saturated carbocycles. The molecule has 160 valence electrons. The third-order valence-corrected chi connectivity index (χ3v) is 4.58. The van der Waals surface area contributed by atoms with Crippen LogP contribution >= 0.6 is 0 Å². The molecule has 0 amide bonds. The second-order valence-electron chi connectivity index (χ2n) is 6.57. The summed E-state index contributed by atoms with van der Waals surface area (Å²) in [4.78, 5) is 10.7. The van der Waals surface area contributed by atoms with E-state index >= 15 is 0 Å². The number of furan rings is 1. The summed E-state index contributed by atoms with van der Waals surface area (Å²) in [5.74, 6) is 2.21. The molecule has 0 saturated heterocycles. The summed E-state index contributed by atoms with van der Waals surface area (Å²) in [6.07, 6.45) is 9.33. The van der Waals surface area contributed by atoms with Crippen molar-refractivity contribution in [3.63, 3.8) is 0 Å². The molecule has 3 rings (SSSR count). The molecule has 0 atom stereocenters. The van der Waals surface area contributed by atoms with E-state index in [0.29, 0.717) is 18.8 Å². The van der Waals surface area contributed by atoms with Crippen LogP contribution in [0.4, 0.5) is 0 Å². The average molecular weight is 411 g/mol. The number of ether oxygens (including phenoxy) is 2. The molecule has 0 fully saturated rings. The van der Waals surface area contributed by atoms with Gasteiger partial charge in [-0.1, -0.05) is 38.1 Å². The molecule has 1 aromatic heterocycles. The number of carboxylic acids is 1. The molecule has 1 heterocycles. The first-order valence-electron chi connectivity index (χ1n) is 10.2. The molecule has 0 aliphatic heterocycles. The van der Waals surface area contributed by atoms with Crippen LogP contribution in [0.25, 0.3) is 5.57 Å². The molecule has 30 heavy (non-hydrogen) atoms. The van der Waals surface area contributed by atoms with E-state index in [2.05, 4.69) is 12.2 Å². The third-order valence-electron chi connectivity index (χ3n) is 4.58. The maximum atomic E-state index is 10.7. The van der Waals surface area contributed by atoms with Gasteiger partial charge < -0.3 is 19.0 Å². The van der Waals surface area contributed by atoms with Gasteiger partial charge in [-0.3, -0.25) is 4.79 Å². The van der Waals surface area contributed by atoms with E-state index in [4.69, 9.17) is 19.0 Å². The van der Waals surface area contributed by atoms with Crippen LogP contribution in [0.3, 0.4) is 0 Å². The minimum absolute atomic E-state index is 0.0556. The highest BCUT2D eigenvalue weighted by molar-refractivity contribution is 5.69. The topological polar surface area (TPSA) is 68.9 Å². The lowest BCUT2D eigenvalue weighted by Gasteiger charge is -2.05. The first-order valence-corrected chi connectivity index (χ1v) is 10.2. The highest BCUT2D eigenvalue weighted by atomic mass is 16.5. The van der Waals surface area contributed by atoms with E-state index in [-0.39, 0.29) is 6.42 Å². The van der Waals surface area contributed by atoms with E-state index in [1.807, 2.05) is 63.3 Å². The van der Waals surface area contributed by atoms with Crippen molar-refractivity contribution in [1.82, 2.24) is 0 Å². The number of aryl methyl sites for hydroxylation is 2. The third kappa shape index (κ3) is 6.69. The molecule has 1 aliphatic carbocycles. The summed E-state index contributed by atoms with van der Waals surface area (Å²) in [7, 11) is 1.66. The maximum Gasteiger partial charge on any atom is 0.303 e. The van der Waals surface area contributed by atoms with Crippen LogP contribution < -0.4 is 4.74 Å². The molecular formula is C25H30O5. The summed E-state index contributed by atoms with van der Waals surface area (Å²) >= 11 is 0. The van der Waals surface area contributed by atoms with Crippen LogP contribution in [0.1, 0.15) is 49.3 Å². The number of hydrogen-bond donors (Lipinski definition) is 1. The second-order valence-corrected chi connectivity index (χ2v) is 6.57. The Kier molecular flexibility index (Phi) is 9.01. The van der Waals surface area contributed by atoms with Crippen molar-refractivity contribution in [2.45, 2.75) is 46.6 Å². The number of methoxy groups -OCH3 is 1. The number of allylic oxidation sites excluding steroid dienone is 5. The normalized spacial score (nSPS) is 12.8. The fraction of sp³-hybridized carbons (Fsp3) is 0.320. The minimum Gasteiger partial charge on any atom is -0.497 e. The molecule has 0 radical (unpaired) electrons. The summed E-state index contributed by atoms with van der Waals surface area (Å²) in [5.41, 5.74) is 3.28. The van der Waals surface area contributed by atoms with E-state index in [0.717, 1.165) is 34.8 Å². The molecule has 0 unspecified atom stereocenters. The van der Waals surface area contributed by atoms with Gasteiger partial charge in [0.2, 0.25) is 0 Å². The molecule has 2 aromatic rings. The van der Waals surface area contributed by atoms with Crippen molar-refractivity contribution >= 4 is 11.5 Å².